The number of fused-ring (bicyclic) bond motifs is 1. The minimum atomic E-state index is 0.0255. The topological polar surface area (TPSA) is 42.8 Å². The van der Waals surface area contributed by atoms with Gasteiger partial charge in [0.15, 0.2) is 6.54 Å². The zero-order chi connectivity index (χ0) is 15.4. The lowest BCUT2D eigenvalue weighted by molar-refractivity contribution is -0.900. The summed E-state index contributed by atoms with van der Waals surface area (Å²) in [7, 11) is 0. The predicted octanol–water partition coefficient (Wildman–Crippen LogP) is 0.932. The van der Waals surface area contributed by atoms with Gasteiger partial charge in [-0.05, 0) is 29.3 Å². The summed E-state index contributed by atoms with van der Waals surface area (Å²) in [5.41, 5.74) is 1.14. The lowest BCUT2D eigenvalue weighted by Crippen LogP contribution is -3.15. The van der Waals surface area contributed by atoms with Crippen LogP contribution in [-0.4, -0.2) is 38.8 Å². The number of carbonyl (C=O) groups is 1. The van der Waals surface area contributed by atoms with Gasteiger partial charge in [0.05, 0.1) is 19.3 Å². The first-order chi connectivity index (χ1) is 10.7. The van der Waals surface area contributed by atoms with Crippen molar-refractivity contribution in [3.05, 3.63) is 48.0 Å². The zero-order valence-electron chi connectivity index (χ0n) is 13.0. The smallest absolute Gasteiger partial charge is 0.275 e. The molecule has 1 fully saturated rings. The summed E-state index contributed by atoms with van der Waals surface area (Å²) in [5.74, 6) is 0.109. The van der Waals surface area contributed by atoms with Crippen LogP contribution in [0.3, 0.4) is 0 Å². The van der Waals surface area contributed by atoms with Crippen molar-refractivity contribution < 1.29 is 14.4 Å². The van der Waals surface area contributed by atoms with Crippen molar-refractivity contribution in [1.82, 2.24) is 5.32 Å². The van der Waals surface area contributed by atoms with Gasteiger partial charge in [-0.25, -0.2) is 0 Å². The number of carbonyl (C=O) groups excluding carboxylic acids is 1. The number of ether oxygens (including phenoxy) is 1. The van der Waals surface area contributed by atoms with Crippen molar-refractivity contribution in [2.75, 3.05) is 32.8 Å². The quantitative estimate of drug-likeness (QED) is 0.882. The molecule has 0 saturated carbocycles. The highest BCUT2D eigenvalue weighted by Gasteiger charge is 2.19. The summed E-state index contributed by atoms with van der Waals surface area (Å²) in [6.07, 6.45) is 0. The van der Waals surface area contributed by atoms with Crippen LogP contribution in [0.15, 0.2) is 42.5 Å². The van der Waals surface area contributed by atoms with Gasteiger partial charge in [0.1, 0.15) is 13.1 Å². The van der Waals surface area contributed by atoms with Crippen LogP contribution in [0.25, 0.3) is 10.8 Å². The molecule has 2 aromatic carbocycles. The maximum absolute atomic E-state index is 12.2. The third-order valence-corrected chi connectivity index (χ3v) is 4.26. The Bertz CT molecular complexity index is 650. The van der Waals surface area contributed by atoms with Crippen molar-refractivity contribution in [1.29, 1.82) is 0 Å². The Kier molecular flexibility index (Phi) is 4.71. The van der Waals surface area contributed by atoms with Crippen molar-refractivity contribution in [2.24, 2.45) is 0 Å². The molecule has 0 unspecified atom stereocenters. The molecule has 0 aromatic heterocycles. The summed E-state index contributed by atoms with van der Waals surface area (Å²) < 4.78 is 5.32. The van der Waals surface area contributed by atoms with Crippen LogP contribution in [-0.2, 0) is 9.53 Å². The van der Waals surface area contributed by atoms with Crippen LogP contribution < -0.4 is 10.2 Å². The first-order valence-corrected chi connectivity index (χ1v) is 7.92. The molecule has 22 heavy (non-hydrogen) atoms. The number of hydrogen-bond donors (Lipinski definition) is 2. The van der Waals surface area contributed by atoms with Gasteiger partial charge >= 0.3 is 0 Å². The maximum atomic E-state index is 12.2. The van der Waals surface area contributed by atoms with E-state index in [1.807, 2.05) is 19.1 Å². The summed E-state index contributed by atoms with van der Waals surface area (Å²) in [4.78, 5) is 13.5. The van der Waals surface area contributed by atoms with Crippen LogP contribution in [0.1, 0.15) is 18.5 Å². The Hall–Kier alpha value is -1.91. The monoisotopic (exact) mass is 299 g/mol. The molecular formula is C18H23N2O2+. The van der Waals surface area contributed by atoms with Crippen LogP contribution in [0, 0.1) is 0 Å². The van der Waals surface area contributed by atoms with Gasteiger partial charge in [-0.1, -0.05) is 36.4 Å². The third kappa shape index (κ3) is 3.64. The average Bonchev–Trinajstić information content (AvgIpc) is 2.55. The SMILES string of the molecule is C[C@@H](NC(=O)C[NH+]1CCOCC1)c1ccc2ccccc2c1. The van der Waals surface area contributed by atoms with Gasteiger partial charge < -0.3 is 15.0 Å². The molecule has 4 heteroatoms. The van der Waals surface area contributed by atoms with Crippen molar-refractivity contribution in [3.63, 3.8) is 0 Å². The average molecular weight is 299 g/mol. The number of morpholine rings is 1. The molecule has 0 aliphatic carbocycles. The second-order valence-electron chi connectivity index (χ2n) is 5.93. The summed E-state index contributed by atoms with van der Waals surface area (Å²) in [6, 6.07) is 14.7. The molecular weight excluding hydrogens is 276 g/mol. The number of quaternary nitrogens is 1. The van der Waals surface area contributed by atoms with Gasteiger partial charge in [-0.3, -0.25) is 4.79 Å². The third-order valence-electron chi connectivity index (χ3n) is 4.26. The van der Waals surface area contributed by atoms with Crippen molar-refractivity contribution in [2.45, 2.75) is 13.0 Å². The van der Waals surface area contributed by atoms with Crippen molar-refractivity contribution in [3.8, 4) is 0 Å². The Morgan fingerprint density at radius 3 is 2.68 bits per heavy atom. The molecule has 1 aliphatic rings. The standard InChI is InChI=1S/C18H22N2O2/c1-14(19-18(21)13-20-8-10-22-11-9-20)16-7-6-15-4-2-3-5-17(15)12-16/h2-7,12,14H,8-11,13H2,1H3,(H,19,21)/p+1/t14-/m1/s1. The van der Waals surface area contributed by atoms with E-state index in [9.17, 15) is 4.79 Å². The summed E-state index contributed by atoms with van der Waals surface area (Å²) in [5, 5.41) is 5.54. The Balaban J connectivity index is 1.62. The Morgan fingerprint density at radius 2 is 1.91 bits per heavy atom. The van der Waals surface area contributed by atoms with Crippen LogP contribution in [0.5, 0.6) is 0 Å². The fourth-order valence-electron chi connectivity index (χ4n) is 2.92. The van der Waals surface area contributed by atoms with E-state index in [-0.39, 0.29) is 11.9 Å². The van der Waals surface area contributed by atoms with Gasteiger partial charge in [0.25, 0.3) is 5.91 Å². The molecule has 0 bridgehead atoms. The molecule has 1 amide bonds. The molecule has 0 spiro atoms. The van der Waals surface area contributed by atoms with E-state index in [0.717, 1.165) is 31.9 Å². The molecule has 1 heterocycles. The molecule has 1 aliphatic heterocycles. The zero-order valence-corrected chi connectivity index (χ0v) is 13.0. The number of hydrogen-bond acceptors (Lipinski definition) is 2. The molecule has 4 nitrogen and oxygen atoms in total. The number of benzene rings is 2. The maximum Gasteiger partial charge on any atom is 0.275 e. The molecule has 0 radical (unpaired) electrons. The molecule has 2 N–H and O–H groups in total. The number of rotatable bonds is 4. The van der Waals surface area contributed by atoms with Gasteiger partial charge in [-0.2, -0.15) is 0 Å². The second kappa shape index (κ2) is 6.90. The van der Waals surface area contributed by atoms with Gasteiger partial charge in [0.2, 0.25) is 0 Å². The van der Waals surface area contributed by atoms with E-state index in [0.29, 0.717) is 6.54 Å². The summed E-state index contributed by atoms with van der Waals surface area (Å²) >= 11 is 0. The molecule has 3 rings (SSSR count). The first-order valence-electron chi connectivity index (χ1n) is 7.92. The van der Waals surface area contributed by atoms with E-state index >= 15 is 0 Å². The highest BCUT2D eigenvalue weighted by molar-refractivity contribution is 5.83. The number of nitrogens with one attached hydrogen (secondary N) is 2. The fraction of sp³-hybridized carbons (Fsp3) is 0.389. The van der Waals surface area contributed by atoms with Crippen molar-refractivity contribution >= 4 is 16.7 Å². The van der Waals surface area contributed by atoms with E-state index in [1.165, 1.54) is 15.7 Å². The van der Waals surface area contributed by atoms with E-state index in [2.05, 4.69) is 35.6 Å². The lowest BCUT2D eigenvalue weighted by atomic mass is 10.0. The summed E-state index contributed by atoms with van der Waals surface area (Å²) in [6.45, 7) is 5.90. The highest BCUT2D eigenvalue weighted by atomic mass is 16.5. The van der Waals surface area contributed by atoms with E-state index < -0.39 is 0 Å². The molecule has 116 valence electrons. The van der Waals surface area contributed by atoms with E-state index in [1.54, 1.807) is 0 Å². The lowest BCUT2D eigenvalue weighted by Gasteiger charge is -2.24. The highest BCUT2D eigenvalue weighted by Crippen LogP contribution is 2.20. The number of amides is 1. The normalized spacial score (nSPS) is 17.3. The van der Waals surface area contributed by atoms with Gasteiger partial charge in [-0.15, -0.1) is 0 Å². The van der Waals surface area contributed by atoms with Crippen LogP contribution in [0.4, 0.5) is 0 Å². The minimum Gasteiger partial charge on any atom is -0.370 e. The van der Waals surface area contributed by atoms with E-state index in [4.69, 9.17) is 4.74 Å². The molecule has 1 atom stereocenters. The first kappa shape index (κ1) is 15.0. The fourth-order valence-corrected chi connectivity index (χ4v) is 2.92. The molecule has 1 saturated heterocycles. The van der Waals surface area contributed by atoms with Crippen LogP contribution in [0.2, 0.25) is 0 Å². The van der Waals surface area contributed by atoms with Gasteiger partial charge in [0, 0.05) is 0 Å². The minimum absolute atomic E-state index is 0.0255. The Labute approximate surface area is 131 Å². The van der Waals surface area contributed by atoms with Crippen LogP contribution >= 0.6 is 0 Å². The predicted molar refractivity (Wildman–Crippen MR) is 86.9 cm³/mol. The Morgan fingerprint density at radius 1 is 1.18 bits per heavy atom. The largest absolute Gasteiger partial charge is 0.370 e. The molecule has 2 aromatic rings. The second-order valence-corrected chi connectivity index (χ2v) is 5.93.